The van der Waals surface area contributed by atoms with Crippen molar-refractivity contribution in [1.29, 1.82) is 0 Å². The topological polar surface area (TPSA) is 72.2 Å². The minimum Gasteiger partial charge on any atom is -0.352 e. The van der Waals surface area contributed by atoms with Crippen LogP contribution in [0.15, 0.2) is 30.3 Å². The van der Waals surface area contributed by atoms with E-state index in [9.17, 15) is 4.79 Å². The van der Waals surface area contributed by atoms with E-state index in [1.54, 1.807) is 4.52 Å². The molecule has 3 aromatic rings. The second kappa shape index (κ2) is 6.87. The molecular weight excluding hydrogens is 310 g/mol. The highest BCUT2D eigenvalue weighted by Crippen LogP contribution is 2.19. The lowest BCUT2D eigenvalue weighted by Gasteiger charge is -2.04. The molecule has 120 valence electrons. The van der Waals surface area contributed by atoms with Crippen LogP contribution < -0.4 is 5.32 Å². The van der Waals surface area contributed by atoms with E-state index in [1.807, 2.05) is 30.3 Å². The van der Waals surface area contributed by atoms with Crippen LogP contribution in [0, 0.1) is 0 Å². The zero-order valence-corrected chi connectivity index (χ0v) is 14.0. The predicted molar refractivity (Wildman–Crippen MR) is 89.4 cm³/mol. The number of carbonyl (C=O) groups excluding carboxylic acids is 1. The maximum absolute atomic E-state index is 11.9. The number of amides is 1. The van der Waals surface area contributed by atoms with Crippen LogP contribution in [-0.2, 0) is 17.8 Å². The van der Waals surface area contributed by atoms with Crippen molar-refractivity contribution in [2.24, 2.45) is 0 Å². The first-order valence-electron chi connectivity index (χ1n) is 7.65. The van der Waals surface area contributed by atoms with E-state index >= 15 is 0 Å². The van der Waals surface area contributed by atoms with E-state index in [1.165, 1.54) is 11.3 Å². The Hall–Kier alpha value is -2.28. The molecule has 0 saturated carbocycles. The van der Waals surface area contributed by atoms with Crippen molar-refractivity contribution in [3.63, 3.8) is 0 Å². The Labute approximate surface area is 138 Å². The van der Waals surface area contributed by atoms with E-state index in [-0.39, 0.29) is 11.8 Å². The van der Waals surface area contributed by atoms with Crippen molar-refractivity contribution in [3.05, 3.63) is 46.7 Å². The standard InChI is InChI=1S/C16H19N5OS/c1-11(2)15-18-19-16-21(15)20-14(23-16)9-8-13(22)17-10-12-6-4-3-5-7-12/h3-7,11H,8-10H2,1-2H3,(H,17,22). The first-order chi connectivity index (χ1) is 11.1. The third-order valence-electron chi connectivity index (χ3n) is 3.47. The SMILES string of the molecule is CC(C)c1nnc2sc(CCC(=O)NCc3ccccc3)nn12. The van der Waals surface area contributed by atoms with E-state index in [0.29, 0.717) is 19.4 Å². The van der Waals surface area contributed by atoms with Gasteiger partial charge in [-0.05, 0) is 5.56 Å². The molecule has 6 nitrogen and oxygen atoms in total. The molecule has 2 aromatic heterocycles. The molecule has 0 aliphatic rings. The summed E-state index contributed by atoms with van der Waals surface area (Å²) < 4.78 is 1.78. The molecule has 0 bridgehead atoms. The average Bonchev–Trinajstić information content (AvgIpc) is 3.11. The minimum atomic E-state index is 0.0314. The number of rotatable bonds is 6. The summed E-state index contributed by atoms with van der Waals surface area (Å²) in [6, 6.07) is 9.89. The number of aromatic nitrogens is 4. The van der Waals surface area contributed by atoms with Gasteiger partial charge in [0.05, 0.1) is 0 Å². The molecule has 0 atom stereocenters. The maximum Gasteiger partial charge on any atom is 0.234 e. The van der Waals surface area contributed by atoms with Gasteiger partial charge < -0.3 is 5.32 Å². The Kier molecular flexibility index (Phi) is 4.66. The van der Waals surface area contributed by atoms with Gasteiger partial charge in [-0.3, -0.25) is 4.79 Å². The van der Waals surface area contributed by atoms with Crippen LogP contribution in [-0.4, -0.2) is 25.7 Å². The van der Waals surface area contributed by atoms with E-state index in [4.69, 9.17) is 0 Å². The van der Waals surface area contributed by atoms with Gasteiger partial charge in [0.1, 0.15) is 5.01 Å². The van der Waals surface area contributed by atoms with Gasteiger partial charge in [0.25, 0.3) is 0 Å². The summed E-state index contributed by atoms with van der Waals surface area (Å²) in [5, 5.41) is 16.6. The number of fused-ring (bicyclic) bond motifs is 1. The quantitative estimate of drug-likeness (QED) is 0.754. The molecule has 0 radical (unpaired) electrons. The Balaban J connectivity index is 1.54. The lowest BCUT2D eigenvalue weighted by Crippen LogP contribution is -2.22. The van der Waals surface area contributed by atoms with Gasteiger partial charge in [-0.1, -0.05) is 55.5 Å². The lowest BCUT2D eigenvalue weighted by molar-refractivity contribution is -0.121. The number of nitrogens with one attached hydrogen (secondary N) is 1. The molecule has 0 aliphatic carbocycles. The average molecular weight is 329 g/mol. The van der Waals surface area contributed by atoms with Gasteiger partial charge in [0, 0.05) is 25.3 Å². The molecule has 3 rings (SSSR count). The van der Waals surface area contributed by atoms with E-state index < -0.39 is 0 Å². The summed E-state index contributed by atoms with van der Waals surface area (Å²) in [7, 11) is 0. The fourth-order valence-electron chi connectivity index (χ4n) is 2.24. The fraction of sp³-hybridized carbons (Fsp3) is 0.375. The molecule has 1 aromatic carbocycles. The van der Waals surface area contributed by atoms with Crippen LogP contribution in [0.4, 0.5) is 0 Å². The Morgan fingerprint density at radius 2 is 2.04 bits per heavy atom. The predicted octanol–water partition coefficient (Wildman–Crippen LogP) is 2.56. The van der Waals surface area contributed by atoms with Gasteiger partial charge in [0.15, 0.2) is 5.82 Å². The molecule has 0 spiro atoms. The zero-order chi connectivity index (χ0) is 16.2. The van der Waals surface area contributed by atoms with E-state index in [2.05, 4.69) is 34.5 Å². The second-order valence-electron chi connectivity index (χ2n) is 5.67. The van der Waals surface area contributed by atoms with Crippen LogP contribution in [0.3, 0.4) is 0 Å². The summed E-state index contributed by atoms with van der Waals surface area (Å²) in [5.41, 5.74) is 1.10. The third kappa shape index (κ3) is 3.73. The Morgan fingerprint density at radius 1 is 1.26 bits per heavy atom. The summed E-state index contributed by atoms with van der Waals surface area (Å²) in [6.07, 6.45) is 1.04. The summed E-state index contributed by atoms with van der Waals surface area (Å²) in [4.78, 5) is 12.7. The molecule has 0 saturated heterocycles. The van der Waals surface area contributed by atoms with Gasteiger partial charge >= 0.3 is 0 Å². The second-order valence-corrected chi connectivity index (χ2v) is 6.71. The lowest BCUT2D eigenvalue weighted by atomic mass is 10.2. The highest BCUT2D eigenvalue weighted by molar-refractivity contribution is 7.16. The smallest absolute Gasteiger partial charge is 0.234 e. The minimum absolute atomic E-state index is 0.0314. The molecule has 23 heavy (non-hydrogen) atoms. The van der Waals surface area contributed by atoms with E-state index in [0.717, 1.165) is 21.4 Å². The number of nitrogens with zero attached hydrogens (tertiary/aromatic N) is 4. The normalized spacial score (nSPS) is 11.3. The summed E-state index contributed by atoms with van der Waals surface area (Å²) >= 11 is 1.49. The van der Waals surface area contributed by atoms with Crippen LogP contribution >= 0.6 is 11.3 Å². The van der Waals surface area contributed by atoms with Crippen molar-refractivity contribution >= 4 is 22.2 Å². The van der Waals surface area contributed by atoms with Gasteiger partial charge in [-0.15, -0.1) is 10.2 Å². The molecule has 0 fully saturated rings. The molecule has 2 heterocycles. The molecule has 1 N–H and O–H groups in total. The van der Waals surface area contributed by atoms with Crippen LogP contribution in [0.25, 0.3) is 4.96 Å². The van der Waals surface area contributed by atoms with Gasteiger partial charge in [0.2, 0.25) is 10.9 Å². The Morgan fingerprint density at radius 3 is 2.78 bits per heavy atom. The van der Waals surface area contributed by atoms with Crippen molar-refractivity contribution in [3.8, 4) is 0 Å². The fourth-order valence-corrected chi connectivity index (χ4v) is 3.08. The van der Waals surface area contributed by atoms with Crippen molar-refractivity contribution in [2.75, 3.05) is 0 Å². The largest absolute Gasteiger partial charge is 0.352 e. The van der Waals surface area contributed by atoms with Crippen LogP contribution in [0.5, 0.6) is 0 Å². The summed E-state index contributed by atoms with van der Waals surface area (Å²) in [5.74, 6) is 1.16. The highest BCUT2D eigenvalue weighted by Gasteiger charge is 2.14. The first kappa shape index (κ1) is 15.6. The monoisotopic (exact) mass is 329 g/mol. The van der Waals surface area contributed by atoms with Crippen LogP contribution in [0.1, 0.15) is 42.6 Å². The van der Waals surface area contributed by atoms with Gasteiger partial charge in [-0.25, -0.2) is 0 Å². The molecule has 1 amide bonds. The van der Waals surface area contributed by atoms with Gasteiger partial charge in [-0.2, -0.15) is 9.61 Å². The van der Waals surface area contributed by atoms with Crippen molar-refractivity contribution < 1.29 is 4.79 Å². The number of carbonyl (C=O) groups is 1. The highest BCUT2D eigenvalue weighted by atomic mass is 32.1. The number of benzene rings is 1. The van der Waals surface area contributed by atoms with Crippen molar-refractivity contribution in [1.82, 2.24) is 25.1 Å². The van der Waals surface area contributed by atoms with Crippen molar-refractivity contribution in [2.45, 2.75) is 39.2 Å². The number of hydrogen-bond donors (Lipinski definition) is 1. The zero-order valence-electron chi connectivity index (χ0n) is 13.2. The third-order valence-corrected chi connectivity index (χ3v) is 4.43. The molecular formula is C16H19N5OS. The molecule has 0 unspecified atom stereocenters. The Bertz CT molecular complexity index is 793. The van der Waals surface area contributed by atoms with Crippen LogP contribution in [0.2, 0.25) is 0 Å². The number of hydrogen-bond acceptors (Lipinski definition) is 5. The first-order valence-corrected chi connectivity index (χ1v) is 8.47. The maximum atomic E-state index is 11.9. The summed E-state index contributed by atoms with van der Waals surface area (Å²) in [6.45, 7) is 4.68. The number of aryl methyl sites for hydroxylation is 1. The molecule has 0 aliphatic heterocycles. The molecule has 7 heteroatoms.